The quantitative estimate of drug-likeness (QED) is 0.629. The molecule has 1 aromatic heterocycles. The topological polar surface area (TPSA) is 59.4 Å². The Morgan fingerprint density at radius 3 is 2.48 bits per heavy atom. The van der Waals surface area contributed by atoms with Gasteiger partial charge in [-0.1, -0.05) is 12.1 Å². The number of hydrogen-bond acceptors (Lipinski definition) is 4. The summed E-state index contributed by atoms with van der Waals surface area (Å²) in [5.41, 5.74) is 4.82. The van der Waals surface area contributed by atoms with Gasteiger partial charge in [-0.2, -0.15) is 5.10 Å². The summed E-state index contributed by atoms with van der Waals surface area (Å²) in [6, 6.07) is 17.9. The highest BCUT2D eigenvalue weighted by atomic mass is 16.5. The number of aryl methyl sites for hydroxylation is 2. The number of ether oxygens (including phenoxy) is 1. The number of carbonyl (C=O) groups is 1. The molecule has 1 unspecified atom stereocenters. The molecule has 1 fully saturated rings. The minimum absolute atomic E-state index is 0.0630. The molecule has 6 nitrogen and oxygen atoms in total. The van der Waals surface area contributed by atoms with E-state index in [1.807, 2.05) is 61.0 Å². The first-order chi connectivity index (χ1) is 15.0. The van der Waals surface area contributed by atoms with Crippen LogP contribution in [0.15, 0.2) is 54.6 Å². The summed E-state index contributed by atoms with van der Waals surface area (Å²) in [4.78, 5) is 15.3. The molecule has 1 atom stereocenters. The first kappa shape index (κ1) is 21.1. The summed E-state index contributed by atoms with van der Waals surface area (Å²) in [6.45, 7) is 6.66. The van der Waals surface area contributed by atoms with Gasteiger partial charge >= 0.3 is 0 Å². The number of methoxy groups -OCH3 is 1. The minimum Gasteiger partial charge on any atom is -0.497 e. The Morgan fingerprint density at radius 1 is 1.10 bits per heavy atom. The van der Waals surface area contributed by atoms with E-state index in [1.165, 1.54) is 18.4 Å². The molecule has 0 aliphatic carbocycles. The summed E-state index contributed by atoms with van der Waals surface area (Å²) in [5, 5.41) is 7.65. The smallest absolute Gasteiger partial charge is 0.251 e. The molecular formula is C25H30N4O2. The van der Waals surface area contributed by atoms with Crippen molar-refractivity contribution in [3.8, 4) is 11.4 Å². The van der Waals surface area contributed by atoms with E-state index in [-0.39, 0.29) is 11.9 Å². The van der Waals surface area contributed by atoms with Crippen LogP contribution in [-0.2, 0) is 0 Å². The fraction of sp³-hybridized carbons (Fsp3) is 0.360. The van der Waals surface area contributed by atoms with E-state index in [0.29, 0.717) is 12.1 Å². The number of aromatic nitrogens is 2. The van der Waals surface area contributed by atoms with Crippen LogP contribution in [0.4, 0.5) is 0 Å². The maximum Gasteiger partial charge on any atom is 0.251 e. The molecule has 1 aliphatic rings. The molecule has 31 heavy (non-hydrogen) atoms. The predicted molar refractivity (Wildman–Crippen MR) is 122 cm³/mol. The molecule has 0 bridgehead atoms. The van der Waals surface area contributed by atoms with Crippen molar-refractivity contribution < 1.29 is 9.53 Å². The van der Waals surface area contributed by atoms with Crippen LogP contribution in [0.1, 0.15) is 46.2 Å². The van der Waals surface area contributed by atoms with Crippen LogP contribution in [0.3, 0.4) is 0 Å². The summed E-state index contributed by atoms with van der Waals surface area (Å²) in [7, 11) is 1.68. The van der Waals surface area contributed by atoms with E-state index in [1.54, 1.807) is 7.11 Å². The third kappa shape index (κ3) is 4.80. The lowest BCUT2D eigenvalue weighted by molar-refractivity contribution is 0.0938. The zero-order valence-corrected chi connectivity index (χ0v) is 18.5. The van der Waals surface area contributed by atoms with Crippen molar-refractivity contribution in [2.75, 3.05) is 26.7 Å². The van der Waals surface area contributed by atoms with Gasteiger partial charge in [0.2, 0.25) is 0 Å². The molecule has 1 saturated heterocycles. The molecule has 1 amide bonds. The van der Waals surface area contributed by atoms with Gasteiger partial charge in [0.25, 0.3) is 5.91 Å². The van der Waals surface area contributed by atoms with Crippen molar-refractivity contribution in [2.24, 2.45) is 0 Å². The number of nitrogens with zero attached hydrogens (tertiary/aromatic N) is 3. The highest BCUT2D eigenvalue weighted by molar-refractivity contribution is 5.94. The highest BCUT2D eigenvalue weighted by Gasteiger charge is 2.24. The second-order valence-electron chi connectivity index (χ2n) is 8.13. The summed E-state index contributed by atoms with van der Waals surface area (Å²) < 4.78 is 7.30. The van der Waals surface area contributed by atoms with Gasteiger partial charge in [0, 0.05) is 17.8 Å². The average Bonchev–Trinajstić information content (AvgIpc) is 3.43. The predicted octanol–water partition coefficient (Wildman–Crippen LogP) is 4.06. The first-order valence-corrected chi connectivity index (χ1v) is 10.8. The van der Waals surface area contributed by atoms with Gasteiger partial charge in [0.1, 0.15) is 5.75 Å². The molecule has 162 valence electrons. The molecule has 0 saturated carbocycles. The molecule has 2 heterocycles. The first-order valence-electron chi connectivity index (χ1n) is 10.8. The number of nitrogens with one attached hydrogen (secondary N) is 1. The fourth-order valence-electron chi connectivity index (χ4n) is 4.30. The lowest BCUT2D eigenvalue weighted by Crippen LogP contribution is -2.36. The van der Waals surface area contributed by atoms with Gasteiger partial charge in [-0.15, -0.1) is 0 Å². The lowest BCUT2D eigenvalue weighted by Gasteiger charge is -2.28. The number of hydrogen-bond donors (Lipinski definition) is 1. The molecule has 1 aliphatic heterocycles. The van der Waals surface area contributed by atoms with E-state index in [0.717, 1.165) is 35.9 Å². The maximum atomic E-state index is 12.9. The van der Waals surface area contributed by atoms with Gasteiger partial charge in [-0.25, -0.2) is 4.68 Å². The van der Waals surface area contributed by atoms with Crippen LogP contribution in [-0.4, -0.2) is 47.3 Å². The van der Waals surface area contributed by atoms with Crippen LogP contribution < -0.4 is 10.1 Å². The van der Waals surface area contributed by atoms with Crippen molar-refractivity contribution >= 4 is 5.91 Å². The Labute approximate surface area is 183 Å². The van der Waals surface area contributed by atoms with Crippen LogP contribution in [0.25, 0.3) is 5.69 Å². The zero-order chi connectivity index (χ0) is 21.8. The largest absolute Gasteiger partial charge is 0.497 e. The summed E-state index contributed by atoms with van der Waals surface area (Å²) in [5.74, 6) is 0.778. The molecule has 3 aromatic rings. The second-order valence-corrected chi connectivity index (χ2v) is 8.13. The van der Waals surface area contributed by atoms with Crippen LogP contribution in [0.5, 0.6) is 5.75 Å². The second kappa shape index (κ2) is 9.35. The van der Waals surface area contributed by atoms with Crippen molar-refractivity contribution in [3.63, 3.8) is 0 Å². The number of carbonyl (C=O) groups excluding carboxylic acids is 1. The lowest BCUT2D eigenvalue weighted by atomic mass is 10.0. The van der Waals surface area contributed by atoms with Crippen molar-refractivity contribution in [3.05, 3.63) is 77.1 Å². The Hall–Kier alpha value is -3.12. The highest BCUT2D eigenvalue weighted by Crippen LogP contribution is 2.27. The molecule has 0 radical (unpaired) electrons. The van der Waals surface area contributed by atoms with Gasteiger partial charge in [0.05, 0.1) is 24.5 Å². The number of likely N-dealkylation sites (tertiary alicyclic amines) is 1. The van der Waals surface area contributed by atoms with Crippen LogP contribution in [0, 0.1) is 13.8 Å². The van der Waals surface area contributed by atoms with Crippen LogP contribution >= 0.6 is 0 Å². The standard InChI is InChI=1S/C25H30N4O2/c1-18-15-19(2)29(27-18)22-11-9-20(10-12-22)25(30)26-17-24(28-13-4-5-14-28)21-7-6-8-23(16-21)31-3/h6-12,15-16,24H,4-5,13-14,17H2,1-3H3,(H,26,30). The third-order valence-corrected chi connectivity index (χ3v) is 5.90. The van der Waals surface area contributed by atoms with Gasteiger partial charge < -0.3 is 10.1 Å². The van der Waals surface area contributed by atoms with E-state index >= 15 is 0 Å². The van der Waals surface area contributed by atoms with Crippen molar-refractivity contribution in [1.82, 2.24) is 20.0 Å². The summed E-state index contributed by atoms with van der Waals surface area (Å²) in [6.07, 6.45) is 2.39. The fourth-order valence-corrected chi connectivity index (χ4v) is 4.30. The average molecular weight is 419 g/mol. The van der Waals surface area contributed by atoms with Crippen molar-refractivity contribution in [1.29, 1.82) is 0 Å². The Bertz CT molecular complexity index is 1040. The summed E-state index contributed by atoms with van der Waals surface area (Å²) >= 11 is 0. The molecule has 0 spiro atoms. The van der Waals surface area contributed by atoms with E-state index in [4.69, 9.17) is 4.74 Å². The van der Waals surface area contributed by atoms with E-state index in [2.05, 4.69) is 27.4 Å². The SMILES string of the molecule is COc1cccc(C(CNC(=O)c2ccc(-n3nc(C)cc3C)cc2)N2CCCC2)c1. The van der Waals surface area contributed by atoms with Gasteiger partial charge in [0.15, 0.2) is 0 Å². The molecule has 6 heteroatoms. The molecule has 2 aromatic carbocycles. The van der Waals surface area contributed by atoms with Gasteiger partial charge in [-0.05, 0) is 87.8 Å². The molecule has 4 rings (SSSR count). The van der Waals surface area contributed by atoms with E-state index < -0.39 is 0 Å². The van der Waals surface area contributed by atoms with Crippen molar-refractivity contribution in [2.45, 2.75) is 32.7 Å². The van der Waals surface area contributed by atoms with Gasteiger partial charge in [-0.3, -0.25) is 9.69 Å². The normalized spacial score (nSPS) is 15.1. The molecular weight excluding hydrogens is 388 g/mol. The number of rotatable bonds is 7. The Kier molecular flexibility index (Phi) is 6.37. The minimum atomic E-state index is -0.0630. The van der Waals surface area contributed by atoms with Crippen LogP contribution in [0.2, 0.25) is 0 Å². The Morgan fingerprint density at radius 2 is 1.84 bits per heavy atom. The molecule has 1 N–H and O–H groups in total. The Balaban J connectivity index is 1.46. The number of benzene rings is 2. The maximum absolute atomic E-state index is 12.9. The third-order valence-electron chi connectivity index (χ3n) is 5.90. The monoisotopic (exact) mass is 418 g/mol. The van der Waals surface area contributed by atoms with E-state index in [9.17, 15) is 4.79 Å². The zero-order valence-electron chi connectivity index (χ0n) is 18.5. The number of amides is 1.